The second-order valence-corrected chi connectivity index (χ2v) is 7.40. The summed E-state index contributed by atoms with van der Waals surface area (Å²) < 4.78 is 23.0. The summed E-state index contributed by atoms with van der Waals surface area (Å²) in [6.45, 7) is 0. The van der Waals surface area contributed by atoms with Gasteiger partial charge in [0.15, 0.2) is 0 Å². The largest absolute Gasteiger partial charge is 0.328 e. The van der Waals surface area contributed by atoms with Crippen LogP contribution < -0.4 is 21.3 Å². The summed E-state index contributed by atoms with van der Waals surface area (Å²) in [4.78, 5) is 35.3. The molecule has 0 radical (unpaired) electrons. The minimum absolute atomic E-state index is 0.0928. The molecule has 9 nitrogen and oxygen atoms in total. The lowest BCUT2D eigenvalue weighted by Gasteiger charge is -2.10. The predicted octanol–water partition coefficient (Wildman–Crippen LogP) is 1.04. The van der Waals surface area contributed by atoms with E-state index in [-0.39, 0.29) is 21.3 Å². The molecule has 27 heavy (non-hydrogen) atoms. The number of amides is 3. The van der Waals surface area contributed by atoms with Crippen LogP contribution in [0.4, 0.5) is 5.69 Å². The zero-order valence-electron chi connectivity index (χ0n) is 13.3. The van der Waals surface area contributed by atoms with Gasteiger partial charge in [0.25, 0.3) is 5.91 Å². The van der Waals surface area contributed by atoms with Gasteiger partial charge in [-0.1, -0.05) is 35.3 Å². The number of hydrogen-bond acceptors (Lipinski definition) is 5. The average Bonchev–Trinajstić information content (AvgIpc) is 2.61. The molecule has 0 heterocycles. The van der Waals surface area contributed by atoms with Crippen LogP contribution in [0.1, 0.15) is 10.4 Å². The van der Waals surface area contributed by atoms with Crippen molar-refractivity contribution in [2.24, 2.45) is 5.14 Å². The number of nitrogens with one attached hydrogen (secondary N) is 3. The van der Waals surface area contributed by atoms with Crippen LogP contribution in [0.25, 0.3) is 0 Å². The van der Waals surface area contributed by atoms with Gasteiger partial charge in [0.2, 0.25) is 10.0 Å². The van der Waals surface area contributed by atoms with Gasteiger partial charge in [0.05, 0.1) is 21.2 Å². The summed E-state index contributed by atoms with van der Waals surface area (Å²) in [7, 11) is -4.16. The van der Waals surface area contributed by atoms with Crippen molar-refractivity contribution < 1.29 is 22.8 Å². The Morgan fingerprint density at radius 3 is 2.26 bits per heavy atom. The molecule has 0 atom stereocenters. The first-order valence-corrected chi connectivity index (χ1v) is 9.38. The van der Waals surface area contributed by atoms with Crippen molar-refractivity contribution in [1.82, 2.24) is 10.9 Å². The highest BCUT2D eigenvalue weighted by Crippen LogP contribution is 2.25. The number of nitrogens with two attached hydrogens (primary N) is 1. The Bertz CT molecular complexity index is 1030. The Morgan fingerprint density at radius 1 is 0.926 bits per heavy atom. The van der Waals surface area contributed by atoms with E-state index >= 15 is 0 Å². The van der Waals surface area contributed by atoms with Crippen LogP contribution in [0, 0.1) is 0 Å². The molecule has 0 saturated carbocycles. The number of sulfonamides is 1. The van der Waals surface area contributed by atoms with E-state index in [1.807, 2.05) is 10.9 Å². The first-order valence-electron chi connectivity index (χ1n) is 7.08. The van der Waals surface area contributed by atoms with Gasteiger partial charge in [0.1, 0.15) is 0 Å². The average molecular weight is 431 g/mol. The molecular weight excluding hydrogens is 419 g/mol. The van der Waals surface area contributed by atoms with Crippen LogP contribution in [0.3, 0.4) is 0 Å². The molecule has 0 aliphatic rings. The lowest BCUT2D eigenvalue weighted by molar-refractivity contribution is -0.136. The normalized spacial score (nSPS) is 10.8. The first-order chi connectivity index (χ1) is 12.6. The number of halogens is 2. The SMILES string of the molecule is NS(=O)(=O)c1ccccc1C(=O)NNC(=O)C(=O)Nc1cc(Cl)ccc1Cl. The van der Waals surface area contributed by atoms with Gasteiger partial charge in [-0.25, -0.2) is 13.6 Å². The van der Waals surface area contributed by atoms with Crippen molar-refractivity contribution in [3.05, 3.63) is 58.1 Å². The van der Waals surface area contributed by atoms with Crippen LogP contribution in [-0.2, 0) is 19.6 Å². The number of hydrazine groups is 1. The van der Waals surface area contributed by atoms with Crippen molar-refractivity contribution >= 4 is 56.6 Å². The van der Waals surface area contributed by atoms with Crippen LogP contribution in [-0.4, -0.2) is 26.1 Å². The highest BCUT2D eigenvalue weighted by atomic mass is 35.5. The van der Waals surface area contributed by atoms with Crippen molar-refractivity contribution in [2.45, 2.75) is 4.90 Å². The number of carbonyl (C=O) groups is 3. The molecule has 12 heteroatoms. The van der Waals surface area contributed by atoms with Crippen molar-refractivity contribution in [2.75, 3.05) is 5.32 Å². The number of primary sulfonamides is 1. The van der Waals surface area contributed by atoms with Gasteiger partial charge in [0, 0.05) is 5.02 Å². The Hall–Kier alpha value is -2.66. The fourth-order valence-corrected chi connectivity index (χ4v) is 2.98. The summed E-state index contributed by atoms with van der Waals surface area (Å²) in [5, 5.41) is 7.67. The molecule has 0 aliphatic heterocycles. The van der Waals surface area contributed by atoms with E-state index in [9.17, 15) is 22.8 Å². The third-order valence-corrected chi connectivity index (χ3v) is 4.64. The van der Waals surface area contributed by atoms with Crippen LogP contribution in [0.2, 0.25) is 10.0 Å². The first kappa shape index (κ1) is 20.6. The molecule has 3 amide bonds. The van der Waals surface area contributed by atoms with E-state index in [1.165, 1.54) is 36.4 Å². The number of benzene rings is 2. The molecule has 0 fully saturated rings. The number of hydrogen-bond donors (Lipinski definition) is 4. The minimum atomic E-state index is -4.16. The summed E-state index contributed by atoms with van der Waals surface area (Å²) >= 11 is 11.6. The smallest absolute Gasteiger partial charge is 0.316 e. The zero-order chi connectivity index (χ0) is 20.2. The lowest BCUT2D eigenvalue weighted by Crippen LogP contribution is -2.47. The summed E-state index contributed by atoms with van der Waals surface area (Å²) in [5.74, 6) is -3.35. The third-order valence-electron chi connectivity index (χ3n) is 3.11. The molecule has 0 spiro atoms. The molecule has 142 valence electrons. The van der Waals surface area contributed by atoms with Gasteiger partial charge in [-0.3, -0.25) is 25.2 Å². The van der Waals surface area contributed by atoms with Crippen LogP contribution in [0.5, 0.6) is 0 Å². The number of anilines is 1. The van der Waals surface area contributed by atoms with Crippen LogP contribution in [0.15, 0.2) is 47.4 Å². The number of rotatable bonds is 3. The highest BCUT2D eigenvalue weighted by Gasteiger charge is 2.21. The Morgan fingerprint density at radius 2 is 1.59 bits per heavy atom. The molecular formula is C15H12Cl2N4O5S. The molecule has 0 aliphatic carbocycles. The van der Waals surface area contributed by atoms with Crippen molar-refractivity contribution in [3.8, 4) is 0 Å². The number of carbonyl (C=O) groups excluding carboxylic acids is 3. The van der Waals surface area contributed by atoms with Gasteiger partial charge in [-0.05, 0) is 30.3 Å². The maximum atomic E-state index is 12.1. The van der Waals surface area contributed by atoms with E-state index in [0.717, 1.165) is 6.07 Å². The molecule has 0 unspecified atom stereocenters. The Kier molecular flexibility index (Phi) is 6.39. The van der Waals surface area contributed by atoms with Crippen molar-refractivity contribution in [1.29, 1.82) is 0 Å². The van der Waals surface area contributed by atoms with E-state index < -0.39 is 32.6 Å². The Labute approximate surface area is 163 Å². The maximum absolute atomic E-state index is 12.1. The fraction of sp³-hybridized carbons (Fsp3) is 0. The summed E-state index contributed by atoms with van der Waals surface area (Å²) in [5.41, 5.74) is 3.56. The third kappa shape index (κ3) is 5.41. The molecule has 0 saturated heterocycles. The second-order valence-electron chi connectivity index (χ2n) is 5.03. The van der Waals surface area contributed by atoms with Crippen LogP contribution >= 0.6 is 23.2 Å². The monoisotopic (exact) mass is 430 g/mol. The van der Waals surface area contributed by atoms with Gasteiger partial charge in [-0.15, -0.1) is 0 Å². The molecule has 2 rings (SSSR count). The quantitative estimate of drug-likeness (QED) is 0.424. The lowest BCUT2D eigenvalue weighted by atomic mass is 10.2. The van der Waals surface area contributed by atoms with Gasteiger partial charge < -0.3 is 5.32 Å². The van der Waals surface area contributed by atoms with E-state index in [0.29, 0.717) is 0 Å². The maximum Gasteiger partial charge on any atom is 0.328 e. The predicted molar refractivity (Wildman–Crippen MR) is 98.5 cm³/mol. The topological polar surface area (TPSA) is 147 Å². The minimum Gasteiger partial charge on any atom is -0.316 e. The highest BCUT2D eigenvalue weighted by molar-refractivity contribution is 7.89. The second kappa shape index (κ2) is 8.35. The Balaban J connectivity index is 2.04. The van der Waals surface area contributed by atoms with E-state index in [1.54, 1.807) is 0 Å². The molecule has 2 aromatic rings. The fourth-order valence-electron chi connectivity index (χ4n) is 1.91. The van der Waals surface area contributed by atoms with Gasteiger partial charge in [-0.2, -0.15) is 0 Å². The van der Waals surface area contributed by atoms with Crippen molar-refractivity contribution in [3.63, 3.8) is 0 Å². The summed E-state index contributed by atoms with van der Waals surface area (Å²) in [6.07, 6.45) is 0. The van der Waals surface area contributed by atoms with E-state index in [4.69, 9.17) is 28.3 Å². The molecule has 0 aromatic heterocycles. The van der Waals surface area contributed by atoms with E-state index in [2.05, 4.69) is 5.32 Å². The molecule has 5 N–H and O–H groups in total. The standard InChI is InChI=1S/C15H12Cl2N4O5S/c16-8-5-6-10(17)11(7-8)19-14(23)15(24)21-20-13(22)9-3-1-2-4-12(9)27(18,25)26/h1-7H,(H,19,23)(H,20,22)(H,21,24)(H2,18,25,26). The molecule has 0 bridgehead atoms. The van der Waals surface area contributed by atoms with Gasteiger partial charge >= 0.3 is 11.8 Å². The zero-order valence-corrected chi connectivity index (χ0v) is 15.7. The molecule has 2 aromatic carbocycles. The summed E-state index contributed by atoms with van der Waals surface area (Å²) in [6, 6.07) is 9.33.